The predicted molar refractivity (Wildman–Crippen MR) is 122 cm³/mol. The Kier molecular flexibility index (Phi) is 5.45. The third kappa shape index (κ3) is 3.82. The summed E-state index contributed by atoms with van der Waals surface area (Å²) in [6.45, 7) is 0. The van der Waals surface area contributed by atoms with Gasteiger partial charge in [0.15, 0.2) is 0 Å². The van der Waals surface area contributed by atoms with E-state index in [-0.39, 0.29) is 29.6 Å². The molecule has 3 aromatic rings. The standard InChI is InChI=1S/C20H20N6OS3/c21-19-22-20(24-23-19)30-11-16(27)26-18(15-7-3-9-29-15)14-6-1-4-12(17(14)25-26)10-13-5-2-8-28-13/h2-3,5,7-10,14,18H,1,4,6,11H2,(H3,21,22,23,24)/b12-10+. The maximum absolute atomic E-state index is 13.2. The van der Waals surface area contributed by atoms with Crippen LogP contribution in [0.3, 0.4) is 0 Å². The Labute approximate surface area is 186 Å². The van der Waals surface area contributed by atoms with Crippen LogP contribution in [0.1, 0.15) is 35.1 Å². The van der Waals surface area contributed by atoms with Crippen molar-refractivity contribution >= 4 is 58.1 Å². The predicted octanol–water partition coefficient (Wildman–Crippen LogP) is 4.43. The van der Waals surface area contributed by atoms with Crippen LogP contribution in [0.4, 0.5) is 5.95 Å². The maximum atomic E-state index is 13.2. The summed E-state index contributed by atoms with van der Waals surface area (Å²) in [5.41, 5.74) is 7.89. The molecule has 5 rings (SSSR count). The fourth-order valence-electron chi connectivity index (χ4n) is 4.01. The number of hydrogen-bond acceptors (Lipinski definition) is 8. The number of nitrogens with two attached hydrogens (primary N) is 1. The van der Waals surface area contributed by atoms with Crippen LogP contribution in [0.5, 0.6) is 0 Å². The number of thiophene rings is 2. The van der Waals surface area contributed by atoms with Crippen LogP contribution >= 0.6 is 34.4 Å². The van der Waals surface area contributed by atoms with Crippen LogP contribution in [0.25, 0.3) is 6.08 Å². The average Bonchev–Trinajstić information content (AvgIpc) is 3.52. The number of hydrazone groups is 1. The van der Waals surface area contributed by atoms with E-state index in [1.165, 1.54) is 27.1 Å². The molecule has 2 unspecified atom stereocenters. The van der Waals surface area contributed by atoms with E-state index < -0.39 is 0 Å². The fourth-order valence-corrected chi connectivity index (χ4v) is 6.22. The van der Waals surface area contributed by atoms with Gasteiger partial charge in [-0.2, -0.15) is 10.1 Å². The first-order valence-corrected chi connectivity index (χ1v) is 12.4. The van der Waals surface area contributed by atoms with Gasteiger partial charge in [0.05, 0.1) is 17.5 Å². The summed E-state index contributed by atoms with van der Waals surface area (Å²) < 4.78 is 0. The summed E-state index contributed by atoms with van der Waals surface area (Å²) in [5.74, 6) is 0.653. The summed E-state index contributed by atoms with van der Waals surface area (Å²) in [6, 6.07) is 8.28. The van der Waals surface area contributed by atoms with Crippen LogP contribution in [-0.4, -0.2) is 37.6 Å². The van der Waals surface area contributed by atoms with Gasteiger partial charge in [-0.25, -0.2) is 10.1 Å². The van der Waals surface area contributed by atoms with Crippen molar-refractivity contribution in [3.63, 3.8) is 0 Å². The van der Waals surface area contributed by atoms with E-state index in [0.29, 0.717) is 5.16 Å². The van der Waals surface area contributed by atoms with E-state index in [1.807, 2.05) is 6.07 Å². The second kappa shape index (κ2) is 8.37. The number of anilines is 1. The number of aromatic amines is 1. The highest BCUT2D eigenvalue weighted by atomic mass is 32.2. The normalized spacial score (nSPS) is 22.3. The Morgan fingerprint density at radius 2 is 2.20 bits per heavy atom. The molecule has 2 aliphatic rings. The van der Waals surface area contributed by atoms with Crippen LogP contribution in [0, 0.1) is 5.92 Å². The number of H-pyrrole nitrogens is 1. The van der Waals surface area contributed by atoms with Crippen molar-refractivity contribution in [2.24, 2.45) is 11.0 Å². The van der Waals surface area contributed by atoms with Gasteiger partial charge in [-0.3, -0.25) is 4.79 Å². The molecular formula is C20H20N6OS3. The molecule has 0 aromatic carbocycles. The topological polar surface area (TPSA) is 100 Å². The number of fused-ring (bicyclic) bond motifs is 1. The first kappa shape index (κ1) is 19.5. The number of thioether (sulfide) groups is 1. The maximum Gasteiger partial charge on any atom is 0.253 e. The molecule has 1 aliphatic carbocycles. The number of carbonyl (C=O) groups excluding carboxylic acids is 1. The SMILES string of the molecule is Nc1nc(SCC(=O)N2N=C3/C(=C/c4cccs4)CCCC3C2c2cccs2)n[nH]1. The van der Waals surface area contributed by atoms with Gasteiger partial charge < -0.3 is 5.73 Å². The van der Waals surface area contributed by atoms with Crippen molar-refractivity contribution < 1.29 is 4.79 Å². The molecule has 3 aromatic heterocycles. The lowest BCUT2D eigenvalue weighted by Crippen LogP contribution is -2.32. The molecule has 1 fully saturated rings. The molecule has 0 radical (unpaired) electrons. The lowest BCUT2D eigenvalue weighted by Gasteiger charge is -2.28. The fraction of sp³-hybridized carbons (Fsp3) is 0.300. The summed E-state index contributed by atoms with van der Waals surface area (Å²) in [6.07, 6.45) is 5.38. The molecule has 1 aliphatic heterocycles. The summed E-state index contributed by atoms with van der Waals surface area (Å²) in [5, 5.41) is 17.8. The zero-order valence-corrected chi connectivity index (χ0v) is 18.5. The van der Waals surface area contributed by atoms with Gasteiger partial charge in [0.25, 0.3) is 5.91 Å². The van der Waals surface area contributed by atoms with Gasteiger partial charge in [0, 0.05) is 15.7 Å². The van der Waals surface area contributed by atoms with Crippen molar-refractivity contribution in [2.75, 3.05) is 11.5 Å². The van der Waals surface area contributed by atoms with Gasteiger partial charge in [-0.15, -0.1) is 27.8 Å². The van der Waals surface area contributed by atoms with Gasteiger partial charge >= 0.3 is 0 Å². The summed E-state index contributed by atoms with van der Waals surface area (Å²) in [7, 11) is 0. The van der Waals surface area contributed by atoms with E-state index in [0.717, 1.165) is 25.0 Å². The molecule has 154 valence electrons. The van der Waals surface area contributed by atoms with E-state index in [9.17, 15) is 4.79 Å². The Morgan fingerprint density at radius 1 is 1.33 bits per heavy atom. The molecule has 2 atom stereocenters. The number of nitrogens with zero attached hydrogens (tertiary/aromatic N) is 4. The number of hydrogen-bond donors (Lipinski definition) is 2. The number of amides is 1. The van der Waals surface area contributed by atoms with Gasteiger partial charge in [0.1, 0.15) is 0 Å². The minimum atomic E-state index is -0.0441. The number of aromatic nitrogens is 3. The smallest absolute Gasteiger partial charge is 0.253 e. The molecule has 1 saturated carbocycles. The van der Waals surface area contributed by atoms with Gasteiger partial charge in [-0.05, 0) is 53.8 Å². The highest BCUT2D eigenvalue weighted by Crippen LogP contribution is 2.45. The first-order valence-electron chi connectivity index (χ1n) is 9.68. The molecule has 30 heavy (non-hydrogen) atoms. The average molecular weight is 457 g/mol. The van der Waals surface area contributed by atoms with Crippen molar-refractivity contribution in [1.82, 2.24) is 20.2 Å². The largest absolute Gasteiger partial charge is 0.368 e. The van der Waals surface area contributed by atoms with Crippen molar-refractivity contribution in [1.29, 1.82) is 0 Å². The second-order valence-electron chi connectivity index (χ2n) is 7.16. The van der Waals surface area contributed by atoms with Crippen molar-refractivity contribution in [3.8, 4) is 0 Å². The van der Waals surface area contributed by atoms with E-state index >= 15 is 0 Å². The van der Waals surface area contributed by atoms with Crippen LogP contribution in [-0.2, 0) is 4.79 Å². The van der Waals surface area contributed by atoms with Crippen molar-refractivity contribution in [3.05, 3.63) is 50.4 Å². The zero-order valence-electron chi connectivity index (χ0n) is 16.0. The molecule has 0 saturated heterocycles. The number of nitrogen functional groups attached to an aromatic ring is 1. The summed E-state index contributed by atoms with van der Waals surface area (Å²) in [4.78, 5) is 19.7. The minimum Gasteiger partial charge on any atom is -0.368 e. The van der Waals surface area contributed by atoms with Gasteiger partial charge in [0.2, 0.25) is 11.1 Å². The zero-order chi connectivity index (χ0) is 20.5. The molecule has 0 bridgehead atoms. The molecule has 1 amide bonds. The Balaban J connectivity index is 1.44. The quantitative estimate of drug-likeness (QED) is 0.553. The number of allylic oxidation sites excluding steroid dienone is 1. The summed E-state index contributed by atoms with van der Waals surface area (Å²) >= 11 is 4.68. The highest BCUT2D eigenvalue weighted by Gasteiger charge is 2.44. The van der Waals surface area contributed by atoms with Crippen LogP contribution < -0.4 is 5.73 Å². The van der Waals surface area contributed by atoms with Crippen LogP contribution in [0.15, 0.2) is 50.9 Å². The third-order valence-electron chi connectivity index (χ3n) is 5.26. The molecule has 7 nitrogen and oxygen atoms in total. The van der Waals surface area contributed by atoms with E-state index in [4.69, 9.17) is 10.8 Å². The second-order valence-corrected chi connectivity index (χ2v) is 10.1. The lowest BCUT2D eigenvalue weighted by molar-refractivity contribution is -0.130. The Morgan fingerprint density at radius 3 is 2.93 bits per heavy atom. The number of rotatable bonds is 5. The van der Waals surface area contributed by atoms with Crippen molar-refractivity contribution in [2.45, 2.75) is 30.5 Å². The molecule has 0 spiro atoms. The number of carbonyl (C=O) groups is 1. The highest BCUT2D eigenvalue weighted by molar-refractivity contribution is 7.99. The van der Waals surface area contributed by atoms with E-state index in [1.54, 1.807) is 27.7 Å². The molecule has 3 N–H and O–H groups in total. The molecule has 4 heterocycles. The third-order valence-corrected chi connectivity index (χ3v) is 7.85. The van der Waals surface area contributed by atoms with Crippen LogP contribution in [0.2, 0.25) is 0 Å². The monoisotopic (exact) mass is 456 g/mol. The lowest BCUT2D eigenvalue weighted by atomic mass is 9.79. The number of nitrogens with one attached hydrogen (secondary N) is 1. The minimum absolute atomic E-state index is 0.0425. The Hall–Kier alpha value is -2.43. The molecular weight excluding hydrogens is 436 g/mol. The Bertz CT molecular complexity index is 1090. The first-order chi connectivity index (χ1) is 14.7. The van der Waals surface area contributed by atoms with E-state index in [2.05, 4.69) is 50.2 Å². The van der Waals surface area contributed by atoms with Gasteiger partial charge in [-0.1, -0.05) is 23.9 Å². The molecule has 10 heteroatoms.